The standard InChI is InChI=1S/C15H31N3/c1-12-5-6-13(16)14(11-12)17-7-9-18(10-8-17)15(2,3)4/h12-14H,5-11,16H2,1-4H3. The van der Waals surface area contributed by atoms with E-state index < -0.39 is 0 Å². The lowest BCUT2D eigenvalue weighted by atomic mass is 9.82. The van der Waals surface area contributed by atoms with Crippen molar-refractivity contribution in [2.75, 3.05) is 26.2 Å². The molecule has 0 spiro atoms. The molecule has 2 aliphatic rings. The van der Waals surface area contributed by atoms with E-state index in [0.717, 1.165) is 5.92 Å². The molecule has 1 aliphatic carbocycles. The van der Waals surface area contributed by atoms with Gasteiger partial charge in [0.2, 0.25) is 0 Å². The van der Waals surface area contributed by atoms with Gasteiger partial charge >= 0.3 is 0 Å². The third-order valence-electron chi connectivity index (χ3n) is 4.86. The lowest BCUT2D eigenvalue weighted by molar-refractivity contribution is 0.0219. The summed E-state index contributed by atoms with van der Waals surface area (Å²) in [4.78, 5) is 5.25. The Hall–Kier alpha value is -0.120. The zero-order valence-electron chi connectivity index (χ0n) is 12.7. The van der Waals surface area contributed by atoms with E-state index in [2.05, 4.69) is 37.5 Å². The molecule has 3 heteroatoms. The molecule has 3 unspecified atom stereocenters. The third kappa shape index (κ3) is 3.25. The second-order valence-corrected chi connectivity index (χ2v) is 7.34. The molecule has 18 heavy (non-hydrogen) atoms. The first-order valence-electron chi connectivity index (χ1n) is 7.62. The van der Waals surface area contributed by atoms with Gasteiger partial charge in [0.15, 0.2) is 0 Å². The Balaban J connectivity index is 1.89. The Labute approximate surface area is 113 Å². The van der Waals surface area contributed by atoms with Crippen molar-refractivity contribution in [2.45, 2.75) is 64.6 Å². The van der Waals surface area contributed by atoms with Gasteiger partial charge in [-0.1, -0.05) is 6.92 Å². The fourth-order valence-electron chi connectivity index (χ4n) is 3.52. The molecule has 1 saturated carbocycles. The lowest BCUT2D eigenvalue weighted by Gasteiger charge is -2.47. The smallest absolute Gasteiger partial charge is 0.0250 e. The molecular weight excluding hydrogens is 222 g/mol. The van der Waals surface area contributed by atoms with E-state index in [9.17, 15) is 0 Å². The highest BCUT2D eigenvalue weighted by atomic mass is 15.3. The van der Waals surface area contributed by atoms with E-state index >= 15 is 0 Å². The fraction of sp³-hybridized carbons (Fsp3) is 1.00. The van der Waals surface area contributed by atoms with E-state index in [4.69, 9.17) is 5.73 Å². The van der Waals surface area contributed by atoms with Crippen LogP contribution in [0.5, 0.6) is 0 Å². The normalized spacial score (nSPS) is 36.8. The van der Waals surface area contributed by atoms with Crippen LogP contribution in [0.1, 0.15) is 47.0 Å². The number of nitrogens with zero attached hydrogens (tertiary/aromatic N) is 2. The number of hydrogen-bond acceptors (Lipinski definition) is 3. The first-order valence-corrected chi connectivity index (χ1v) is 7.62. The first kappa shape index (κ1) is 14.3. The van der Waals surface area contributed by atoms with Gasteiger partial charge in [-0.2, -0.15) is 0 Å². The summed E-state index contributed by atoms with van der Waals surface area (Å²) >= 11 is 0. The van der Waals surface area contributed by atoms with Gasteiger partial charge in [-0.15, -0.1) is 0 Å². The van der Waals surface area contributed by atoms with Crippen molar-refractivity contribution in [3.05, 3.63) is 0 Å². The summed E-state index contributed by atoms with van der Waals surface area (Å²) in [5.74, 6) is 0.857. The van der Waals surface area contributed by atoms with Crippen molar-refractivity contribution in [3.63, 3.8) is 0 Å². The van der Waals surface area contributed by atoms with Gasteiger partial charge < -0.3 is 5.73 Å². The summed E-state index contributed by atoms with van der Waals surface area (Å²) in [6, 6.07) is 1.04. The highest BCUT2D eigenvalue weighted by molar-refractivity contribution is 4.91. The third-order valence-corrected chi connectivity index (χ3v) is 4.86. The summed E-state index contributed by atoms with van der Waals surface area (Å²) in [5.41, 5.74) is 6.65. The number of hydrogen-bond donors (Lipinski definition) is 1. The Kier molecular flexibility index (Phi) is 4.35. The van der Waals surface area contributed by atoms with Crippen molar-refractivity contribution >= 4 is 0 Å². The minimum Gasteiger partial charge on any atom is -0.326 e. The second-order valence-electron chi connectivity index (χ2n) is 7.34. The van der Waals surface area contributed by atoms with E-state index in [1.54, 1.807) is 0 Å². The van der Waals surface area contributed by atoms with Gasteiger partial charge in [0.05, 0.1) is 0 Å². The molecule has 1 heterocycles. The molecule has 0 aromatic rings. The van der Waals surface area contributed by atoms with Crippen LogP contribution in [0.3, 0.4) is 0 Å². The van der Waals surface area contributed by atoms with Crippen LogP contribution in [0.4, 0.5) is 0 Å². The van der Waals surface area contributed by atoms with Gasteiger partial charge in [-0.3, -0.25) is 9.80 Å². The number of rotatable bonds is 1. The van der Waals surface area contributed by atoms with E-state index in [-0.39, 0.29) is 0 Å². The molecule has 3 atom stereocenters. The topological polar surface area (TPSA) is 32.5 Å². The van der Waals surface area contributed by atoms with E-state index in [1.807, 2.05) is 0 Å². The molecule has 1 aliphatic heterocycles. The summed E-state index contributed by atoms with van der Waals surface area (Å²) in [6.07, 6.45) is 3.83. The molecule has 3 nitrogen and oxygen atoms in total. The highest BCUT2D eigenvalue weighted by Crippen LogP contribution is 2.28. The van der Waals surface area contributed by atoms with Crippen LogP contribution in [0.15, 0.2) is 0 Å². The van der Waals surface area contributed by atoms with Crippen LogP contribution in [0, 0.1) is 5.92 Å². The molecule has 106 valence electrons. The summed E-state index contributed by atoms with van der Waals surface area (Å²) in [6.45, 7) is 14.1. The molecule has 2 rings (SSSR count). The Morgan fingerprint density at radius 3 is 2.17 bits per heavy atom. The van der Waals surface area contributed by atoms with Gasteiger partial charge in [0.1, 0.15) is 0 Å². The molecule has 2 fully saturated rings. The Morgan fingerprint density at radius 2 is 1.61 bits per heavy atom. The molecule has 0 radical (unpaired) electrons. The van der Waals surface area contributed by atoms with Crippen molar-refractivity contribution in [1.82, 2.24) is 9.80 Å². The minimum absolute atomic E-state index is 0.314. The average molecular weight is 253 g/mol. The molecule has 2 N–H and O–H groups in total. The molecule has 0 aromatic carbocycles. The van der Waals surface area contributed by atoms with E-state index in [1.165, 1.54) is 45.4 Å². The quantitative estimate of drug-likeness (QED) is 0.775. The zero-order chi connectivity index (χ0) is 13.3. The minimum atomic E-state index is 0.314. The number of nitrogens with two attached hydrogens (primary N) is 1. The van der Waals surface area contributed by atoms with Crippen molar-refractivity contribution < 1.29 is 0 Å². The predicted molar refractivity (Wildman–Crippen MR) is 77.7 cm³/mol. The SMILES string of the molecule is CC1CCC(N)C(N2CCN(C(C)(C)C)CC2)C1. The van der Waals surface area contributed by atoms with Crippen LogP contribution in [-0.4, -0.2) is 53.6 Å². The molecule has 1 saturated heterocycles. The summed E-state index contributed by atoms with van der Waals surface area (Å²) < 4.78 is 0. The summed E-state index contributed by atoms with van der Waals surface area (Å²) in [5, 5.41) is 0. The van der Waals surface area contributed by atoms with Gasteiger partial charge in [-0.05, 0) is 46.0 Å². The van der Waals surface area contributed by atoms with Crippen LogP contribution in [-0.2, 0) is 0 Å². The monoisotopic (exact) mass is 253 g/mol. The maximum absolute atomic E-state index is 6.34. The Bertz CT molecular complexity index is 263. The maximum atomic E-state index is 6.34. The van der Waals surface area contributed by atoms with Crippen LogP contribution in [0.25, 0.3) is 0 Å². The van der Waals surface area contributed by atoms with Gasteiger partial charge in [-0.25, -0.2) is 0 Å². The van der Waals surface area contributed by atoms with Gasteiger partial charge in [0, 0.05) is 43.8 Å². The van der Waals surface area contributed by atoms with Crippen molar-refractivity contribution in [1.29, 1.82) is 0 Å². The molecular formula is C15H31N3. The molecule has 0 aromatic heterocycles. The van der Waals surface area contributed by atoms with Crippen LogP contribution >= 0.6 is 0 Å². The van der Waals surface area contributed by atoms with Gasteiger partial charge in [0.25, 0.3) is 0 Å². The van der Waals surface area contributed by atoms with Crippen LogP contribution < -0.4 is 5.73 Å². The largest absolute Gasteiger partial charge is 0.326 e. The second kappa shape index (κ2) is 5.48. The fourth-order valence-corrected chi connectivity index (χ4v) is 3.52. The maximum Gasteiger partial charge on any atom is 0.0250 e. The molecule has 0 amide bonds. The van der Waals surface area contributed by atoms with Crippen LogP contribution in [0.2, 0.25) is 0 Å². The van der Waals surface area contributed by atoms with Crippen molar-refractivity contribution in [2.24, 2.45) is 11.7 Å². The Morgan fingerprint density at radius 1 is 1.00 bits per heavy atom. The average Bonchev–Trinajstić information content (AvgIpc) is 2.31. The van der Waals surface area contributed by atoms with Crippen molar-refractivity contribution in [3.8, 4) is 0 Å². The zero-order valence-corrected chi connectivity index (χ0v) is 12.7. The highest BCUT2D eigenvalue weighted by Gasteiger charge is 2.34. The first-order chi connectivity index (χ1) is 8.38. The predicted octanol–water partition coefficient (Wildman–Crippen LogP) is 1.92. The lowest BCUT2D eigenvalue weighted by Crippen LogP contribution is -2.59. The number of piperazine rings is 1. The molecule has 0 bridgehead atoms. The van der Waals surface area contributed by atoms with E-state index in [0.29, 0.717) is 17.6 Å². The summed E-state index contributed by atoms with van der Waals surface area (Å²) in [7, 11) is 0.